The second-order valence-corrected chi connectivity index (χ2v) is 4.45. The molecule has 0 unspecified atom stereocenters. The van der Waals surface area contributed by atoms with Crippen LogP contribution in [0.1, 0.15) is 19.3 Å². The average molecular weight is 252 g/mol. The van der Waals surface area contributed by atoms with Crippen molar-refractivity contribution in [1.29, 1.82) is 0 Å². The molecule has 6 heteroatoms. The molecule has 100 valence electrons. The highest BCUT2D eigenvalue weighted by atomic mass is 16.5. The Kier molecular flexibility index (Phi) is 4.58. The van der Waals surface area contributed by atoms with Crippen molar-refractivity contribution in [2.24, 2.45) is 5.92 Å². The quantitative estimate of drug-likeness (QED) is 0.678. The van der Waals surface area contributed by atoms with Crippen molar-refractivity contribution in [3.05, 3.63) is 6.07 Å². The van der Waals surface area contributed by atoms with Gasteiger partial charge in [-0.25, -0.2) is 0 Å². The van der Waals surface area contributed by atoms with Gasteiger partial charge < -0.3 is 20.5 Å². The molecule has 1 saturated carbocycles. The Labute approximate surface area is 107 Å². The molecule has 1 aliphatic carbocycles. The minimum atomic E-state index is 0.210. The number of anilines is 2. The predicted molar refractivity (Wildman–Crippen MR) is 69.6 cm³/mol. The molecule has 6 nitrogen and oxygen atoms in total. The summed E-state index contributed by atoms with van der Waals surface area (Å²) in [5.41, 5.74) is 5.56. The van der Waals surface area contributed by atoms with Crippen molar-refractivity contribution in [2.75, 3.05) is 37.9 Å². The minimum Gasteiger partial charge on any atom is -0.481 e. The molecule has 0 aromatic carbocycles. The smallest absolute Gasteiger partial charge is 0.225 e. The first-order valence-electron chi connectivity index (χ1n) is 6.28. The number of nitrogen functional groups attached to an aromatic ring is 1. The van der Waals surface area contributed by atoms with Gasteiger partial charge in [0.15, 0.2) is 0 Å². The highest BCUT2D eigenvalue weighted by Gasteiger charge is 2.20. The highest BCUT2D eigenvalue weighted by Crippen LogP contribution is 2.28. The van der Waals surface area contributed by atoms with Crippen LogP contribution >= 0.6 is 0 Å². The first kappa shape index (κ1) is 12.9. The van der Waals surface area contributed by atoms with Crippen molar-refractivity contribution in [2.45, 2.75) is 19.3 Å². The van der Waals surface area contributed by atoms with Gasteiger partial charge in [0.05, 0.1) is 7.11 Å². The molecule has 0 spiro atoms. The van der Waals surface area contributed by atoms with Gasteiger partial charge in [-0.15, -0.1) is 0 Å². The van der Waals surface area contributed by atoms with E-state index in [0.717, 1.165) is 32.1 Å². The van der Waals surface area contributed by atoms with Crippen LogP contribution in [0.15, 0.2) is 6.07 Å². The third-order valence-corrected chi connectivity index (χ3v) is 2.75. The van der Waals surface area contributed by atoms with Crippen LogP contribution in [0.4, 0.5) is 11.8 Å². The fraction of sp³-hybridized carbons (Fsp3) is 0.667. The monoisotopic (exact) mass is 252 g/mol. The maximum absolute atomic E-state index is 5.56. The summed E-state index contributed by atoms with van der Waals surface area (Å²) in [6.07, 6.45) is 3.61. The Bertz CT molecular complexity index is 382. The zero-order chi connectivity index (χ0) is 12.8. The molecule has 1 heterocycles. The number of aromatic nitrogens is 2. The number of methoxy groups -OCH3 is 1. The predicted octanol–water partition coefficient (Wildman–Crippen LogP) is 1.30. The largest absolute Gasteiger partial charge is 0.481 e. The van der Waals surface area contributed by atoms with Gasteiger partial charge in [0.25, 0.3) is 0 Å². The molecule has 1 aromatic heterocycles. The van der Waals surface area contributed by atoms with Crippen molar-refractivity contribution < 1.29 is 9.47 Å². The van der Waals surface area contributed by atoms with E-state index in [1.165, 1.54) is 12.8 Å². The number of nitrogens with zero attached hydrogens (tertiary/aromatic N) is 2. The van der Waals surface area contributed by atoms with E-state index in [-0.39, 0.29) is 5.95 Å². The van der Waals surface area contributed by atoms with Gasteiger partial charge in [0.2, 0.25) is 11.8 Å². The van der Waals surface area contributed by atoms with Crippen LogP contribution in [0.3, 0.4) is 0 Å². The van der Waals surface area contributed by atoms with E-state index in [4.69, 9.17) is 15.2 Å². The van der Waals surface area contributed by atoms with Crippen LogP contribution < -0.4 is 15.8 Å². The summed E-state index contributed by atoms with van der Waals surface area (Å²) in [6.45, 7) is 2.49. The maximum Gasteiger partial charge on any atom is 0.225 e. The van der Waals surface area contributed by atoms with Crippen LogP contribution in [-0.4, -0.2) is 36.8 Å². The van der Waals surface area contributed by atoms with Crippen LogP contribution in [0, 0.1) is 5.92 Å². The summed E-state index contributed by atoms with van der Waals surface area (Å²) in [5, 5.41) is 3.17. The number of hydrogen-bond acceptors (Lipinski definition) is 6. The summed E-state index contributed by atoms with van der Waals surface area (Å²) in [7, 11) is 1.55. The Hall–Kier alpha value is -1.56. The molecule has 3 N–H and O–H groups in total. The van der Waals surface area contributed by atoms with Crippen molar-refractivity contribution >= 4 is 11.8 Å². The van der Waals surface area contributed by atoms with Crippen molar-refractivity contribution in [3.63, 3.8) is 0 Å². The fourth-order valence-corrected chi connectivity index (χ4v) is 1.56. The molecule has 1 aliphatic rings. The summed E-state index contributed by atoms with van der Waals surface area (Å²) in [6, 6.07) is 1.72. The second kappa shape index (κ2) is 6.39. The minimum absolute atomic E-state index is 0.210. The molecule has 1 fully saturated rings. The summed E-state index contributed by atoms with van der Waals surface area (Å²) < 4.78 is 10.6. The van der Waals surface area contributed by atoms with Gasteiger partial charge in [0.1, 0.15) is 5.82 Å². The highest BCUT2D eigenvalue weighted by molar-refractivity contribution is 5.42. The number of rotatable bonds is 8. The SMILES string of the molecule is COc1cc(NCCCOCC2CC2)nc(N)n1. The number of nitrogens with two attached hydrogens (primary N) is 1. The fourth-order valence-electron chi connectivity index (χ4n) is 1.56. The maximum atomic E-state index is 5.56. The van der Waals surface area contributed by atoms with Crippen molar-refractivity contribution in [3.8, 4) is 5.88 Å². The summed E-state index contributed by atoms with van der Waals surface area (Å²) in [5.74, 6) is 2.18. The topological polar surface area (TPSA) is 82.3 Å². The van der Waals surface area contributed by atoms with E-state index >= 15 is 0 Å². The molecule has 18 heavy (non-hydrogen) atoms. The van der Waals surface area contributed by atoms with Crippen molar-refractivity contribution in [1.82, 2.24) is 9.97 Å². The van der Waals surface area contributed by atoms with E-state index in [0.29, 0.717) is 11.7 Å². The van der Waals surface area contributed by atoms with Gasteiger partial charge in [-0.1, -0.05) is 0 Å². The second-order valence-electron chi connectivity index (χ2n) is 4.45. The Balaban J connectivity index is 1.63. The van der Waals surface area contributed by atoms with Crippen LogP contribution in [0.5, 0.6) is 5.88 Å². The standard InChI is InChI=1S/C12H20N4O2/c1-17-11-7-10(15-12(13)16-11)14-5-2-6-18-8-9-3-4-9/h7,9H,2-6,8H2,1H3,(H3,13,14,15,16). The number of ether oxygens (including phenoxy) is 2. The number of hydrogen-bond donors (Lipinski definition) is 2. The molecule has 0 aliphatic heterocycles. The molecule has 0 radical (unpaired) electrons. The molecular formula is C12H20N4O2. The lowest BCUT2D eigenvalue weighted by atomic mass is 10.4. The number of nitrogens with one attached hydrogen (secondary N) is 1. The lowest BCUT2D eigenvalue weighted by molar-refractivity contribution is 0.124. The molecule has 0 bridgehead atoms. The summed E-state index contributed by atoms with van der Waals surface area (Å²) >= 11 is 0. The average Bonchev–Trinajstić information content (AvgIpc) is 3.17. The third-order valence-electron chi connectivity index (χ3n) is 2.75. The third kappa shape index (κ3) is 4.37. The lowest BCUT2D eigenvalue weighted by Crippen LogP contribution is -2.09. The molecule has 1 aromatic rings. The molecule has 0 atom stereocenters. The Morgan fingerprint density at radius 2 is 2.28 bits per heavy atom. The van der Waals surface area contributed by atoms with E-state index < -0.39 is 0 Å². The molecular weight excluding hydrogens is 232 g/mol. The molecule has 0 saturated heterocycles. The van der Waals surface area contributed by atoms with E-state index in [9.17, 15) is 0 Å². The van der Waals surface area contributed by atoms with E-state index in [2.05, 4.69) is 15.3 Å². The van der Waals surface area contributed by atoms with Gasteiger partial charge in [0, 0.05) is 25.8 Å². The first-order chi connectivity index (χ1) is 8.78. The Morgan fingerprint density at radius 1 is 1.44 bits per heavy atom. The normalized spacial score (nSPS) is 14.5. The molecule has 0 amide bonds. The van der Waals surface area contributed by atoms with E-state index in [1.54, 1.807) is 13.2 Å². The van der Waals surface area contributed by atoms with Crippen LogP contribution in [-0.2, 0) is 4.74 Å². The van der Waals surface area contributed by atoms with Gasteiger partial charge >= 0.3 is 0 Å². The van der Waals surface area contributed by atoms with Gasteiger partial charge in [-0.05, 0) is 25.2 Å². The van der Waals surface area contributed by atoms with E-state index in [1.807, 2.05) is 0 Å². The van der Waals surface area contributed by atoms with Gasteiger partial charge in [-0.3, -0.25) is 0 Å². The molecule has 2 rings (SSSR count). The summed E-state index contributed by atoms with van der Waals surface area (Å²) in [4.78, 5) is 7.99. The Morgan fingerprint density at radius 3 is 3.00 bits per heavy atom. The van der Waals surface area contributed by atoms with Crippen LogP contribution in [0.25, 0.3) is 0 Å². The van der Waals surface area contributed by atoms with Crippen LogP contribution in [0.2, 0.25) is 0 Å². The lowest BCUT2D eigenvalue weighted by Gasteiger charge is -2.08. The zero-order valence-corrected chi connectivity index (χ0v) is 10.7. The first-order valence-corrected chi connectivity index (χ1v) is 6.28. The zero-order valence-electron chi connectivity index (χ0n) is 10.7. The van der Waals surface area contributed by atoms with Gasteiger partial charge in [-0.2, -0.15) is 9.97 Å².